The van der Waals surface area contributed by atoms with Crippen LogP contribution in [0.2, 0.25) is 0 Å². The Hall–Kier alpha value is -7.56. The maximum atomic E-state index is 5.46. The largest absolute Gasteiger partial charge is 0.247 e. The molecule has 0 amide bonds. The van der Waals surface area contributed by atoms with Gasteiger partial charge >= 0.3 is 0 Å². The first kappa shape index (κ1) is 31.8. The smallest absolute Gasteiger partial charge is 0.164 e. The van der Waals surface area contributed by atoms with Gasteiger partial charge in [0.05, 0.1) is 16.6 Å². The molecule has 0 bridgehead atoms. The van der Waals surface area contributed by atoms with Gasteiger partial charge < -0.3 is 0 Å². The lowest BCUT2D eigenvalue weighted by Crippen LogP contribution is -2.25. The van der Waals surface area contributed by atoms with Crippen molar-refractivity contribution in [3.8, 4) is 67.7 Å². The van der Waals surface area contributed by atoms with Gasteiger partial charge in [-0.25, -0.2) is 19.9 Å². The Labute approximate surface area is 329 Å². The number of hydrogen-bond acceptors (Lipinski definition) is 4. The molecule has 10 aromatic rings. The van der Waals surface area contributed by atoms with E-state index in [4.69, 9.17) is 19.9 Å². The predicted octanol–water partition coefficient (Wildman–Crippen LogP) is 12.6. The number of benzene rings is 8. The molecule has 0 unspecified atom stereocenters. The SMILES string of the molecule is c1ccc(-c2nc(-c3ccccc3)nc(-c3cccc(-c4nc5ccccc5c5cc6c(cc45)C4(c5ccccc5-c5ccccc54)c4ccccc4-6)c3)n2)cc1. The van der Waals surface area contributed by atoms with Crippen molar-refractivity contribution in [3.05, 3.63) is 216 Å². The summed E-state index contributed by atoms with van der Waals surface area (Å²) in [4.78, 5) is 20.5. The lowest BCUT2D eigenvalue weighted by molar-refractivity contribution is 0.795. The van der Waals surface area contributed by atoms with Crippen molar-refractivity contribution in [1.82, 2.24) is 19.9 Å². The van der Waals surface area contributed by atoms with Crippen LogP contribution < -0.4 is 0 Å². The van der Waals surface area contributed by atoms with Crippen LogP contribution in [0.25, 0.3) is 89.4 Å². The maximum Gasteiger partial charge on any atom is 0.164 e. The fourth-order valence-electron chi connectivity index (χ4n) is 9.50. The fourth-order valence-corrected chi connectivity index (χ4v) is 9.50. The Morgan fingerprint density at radius 3 is 1.37 bits per heavy atom. The topological polar surface area (TPSA) is 51.6 Å². The van der Waals surface area contributed by atoms with Crippen LogP contribution in [-0.4, -0.2) is 19.9 Å². The summed E-state index contributed by atoms with van der Waals surface area (Å²) in [6.07, 6.45) is 0. The molecule has 264 valence electrons. The van der Waals surface area contributed by atoms with Crippen molar-refractivity contribution in [3.63, 3.8) is 0 Å². The number of pyridine rings is 1. The molecule has 2 heterocycles. The van der Waals surface area contributed by atoms with Crippen LogP contribution in [0.1, 0.15) is 22.3 Å². The van der Waals surface area contributed by atoms with E-state index in [1.165, 1.54) is 49.9 Å². The van der Waals surface area contributed by atoms with Crippen LogP contribution in [-0.2, 0) is 5.41 Å². The highest BCUT2D eigenvalue weighted by atomic mass is 15.0. The number of hydrogen-bond donors (Lipinski definition) is 0. The molecule has 12 rings (SSSR count). The van der Waals surface area contributed by atoms with Crippen molar-refractivity contribution in [2.45, 2.75) is 5.41 Å². The van der Waals surface area contributed by atoms with E-state index in [1.807, 2.05) is 60.7 Å². The van der Waals surface area contributed by atoms with E-state index in [0.717, 1.165) is 44.2 Å². The van der Waals surface area contributed by atoms with Gasteiger partial charge in [-0.05, 0) is 74.2 Å². The molecular formula is C53H32N4. The molecule has 57 heavy (non-hydrogen) atoms. The predicted molar refractivity (Wildman–Crippen MR) is 231 cm³/mol. The Morgan fingerprint density at radius 2 is 0.754 bits per heavy atom. The highest BCUT2D eigenvalue weighted by Gasteiger charge is 2.51. The van der Waals surface area contributed by atoms with Gasteiger partial charge in [-0.1, -0.05) is 170 Å². The average molecular weight is 725 g/mol. The Morgan fingerprint density at radius 1 is 0.281 bits per heavy atom. The molecule has 0 aliphatic heterocycles. The molecule has 4 heteroatoms. The number of nitrogens with zero attached hydrogens (tertiary/aromatic N) is 4. The zero-order chi connectivity index (χ0) is 37.5. The second-order valence-electron chi connectivity index (χ2n) is 14.9. The van der Waals surface area contributed by atoms with Gasteiger partial charge in [0.1, 0.15) is 0 Å². The van der Waals surface area contributed by atoms with E-state index in [1.54, 1.807) is 0 Å². The second-order valence-corrected chi connectivity index (χ2v) is 14.9. The molecule has 2 aliphatic rings. The molecule has 1 spiro atoms. The molecule has 0 atom stereocenters. The third-order valence-corrected chi connectivity index (χ3v) is 11.9. The molecule has 0 saturated carbocycles. The van der Waals surface area contributed by atoms with Crippen LogP contribution in [0.3, 0.4) is 0 Å². The van der Waals surface area contributed by atoms with Crippen molar-refractivity contribution < 1.29 is 0 Å². The van der Waals surface area contributed by atoms with Gasteiger partial charge in [-0.2, -0.15) is 0 Å². The normalized spacial score (nSPS) is 13.1. The molecule has 0 radical (unpaired) electrons. The summed E-state index contributed by atoms with van der Waals surface area (Å²) in [7, 11) is 0. The van der Waals surface area contributed by atoms with Gasteiger partial charge in [0.25, 0.3) is 0 Å². The summed E-state index contributed by atoms with van der Waals surface area (Å²) in [6, 6.07) is 69.1. The molecule has 2 aliphatic carbocycles. The first-order chi connectivity index (χ1) is 28.3. The van der Waals surface area contributed by atoms with Gasteiger partial charge in [0.2, 0.25) is 0 Å². The Balaban J connectivity index is 1.12. The number of fused-ring (bicyclic) bond motifs is 13. The van der Waals surface area contributed by atoms with Crippen molar-refractivity contribution in [2.75, 3.05) is 0 Å². The molecular weight excluding hydrogens is 693 g/mol. The van der Waals surface area contributed by atoms with Crippen LogP contribution in [0.4, 0.5) is 0 Å². The molecule has 2 aromatic heterocycles. The number of aromatic nitrogens is 4. The number of para-hydroxylation sites is 1. The van der Waals surface area contributed by atoms with E-state index in [-0.39, 0.29) is 0 Å². The van der Waals surface area contributed by atoms with Gasteiger partial charge in [0.15, 0.2) is 17.5 Å². The molecule has 0 fully saturated rings. The first-order valence-corrected chi connectivity index (χ1v) is 19.4. The zero-order valence-electron chi connectivity index (χ0n) is 30.8. The highest BCUT2D eigenvalue weighted by molar-refractivity contribution is 6.14. The molecule has 4 nitrogen and oxygen atoms in total. The quantitative estimate of drug-likeness (QED) is 0.170. The third-order valence-electron chi connectivity index (χ3n) is 11.9. The minimum absolute atomic E-state index is 0.454. The summed E-state index contributed by atoms with van der Waals surface area (Å²) in [5, 5.41) is 3.44. The minimum atomic E-state index is -0.454. The first-order valence-electron chi connectivity index (χ1n) is 19.4. The van der Waals surface area contributed by atoms with E-state index in [9.17, 15) is 0 Å². The fraction of sp³-hybridized carbons (Fsp3) is 0.0189. The van der Waals surface area contributed by atoms with Gasteiger partial charge in [-0.15, -0.1) is 0 Å². The monoisotopic (exact) mass is 724 g/mol. The van der Waals surface area contributed by atoms with E-state index >= 15 is 0 Å². The number of rotatable bonds is 4. The lowest BCUT2D eigenvalue weighted by Gasteiger charge is -2.30. The molecule has 0 saturated heterocycles. The van der Waals surface area contributed by atoms with Crippen LogP contribution in [0.5, 0.6) is 0 Å². The summed E-state index contributed by atoms with van der Waals surface area (Å²) >= 11 is 0. The van der Waals surface area contributed by atoms with Crippen LogP contribution in [0, 0.1) is 0 Å². The summed E-state index contributed by atoms with van der Waals surface area (Å²) in [5.74, 6) is 1.89. The maximum absolute atomic E-state index is 5.46. The van der Waals surface area contributed by atoms with E-state index in [0.29, 0.717) is 17.5 Å². The summed E-state index contributed by atoms with van der Waals surface area (Å²) in [6.45, 7) is 0. The summed E-state index contributed by atoms with van der Waals surface area (Å²) < 4.78 is 0. The summed E-state index contributed by atoms with van der Waals surface area (Å²) in [5.41, 5.74) is 15.6. The molecule has 0 N–H and O–H groups in total. The van der Waals surface area contributed by atoms with Crippen molar-refractivity contribution in [1.29, 1.82) is 0 Å². The second kappa shape index (κ2) is 12.2. The van der Waals surface area contributed by atoms with Crippen molar-refractivity contribution >= 4 is 21.7 Å². The van der Waals surface area contributed by atoms with E-state index in [2.05, 4.69) is 133 Å². The van der Waals surface area contributed by atoms with Crippen LogP contribution in [0.15, 0.2) is 194 Å². The van der Waals surface area contributed by atoms with Gasteiger partial charge in [0, 0.05) is 33.0 Å². The highest BCUT2D eigenvalue weighted by Crippen LogP contribution is 2.63. The molecule has 8 aromatic carbocycles. The van der Waals surface area contributed by atoms with Crippen molar-refractivity contribution in [2.24, 2.45) is 0 Å². The Kier molecular flexibility index (Phi) is 6.81. The minimum Gasteiger partial charge on any atom is -0.247 e. The average Bonchev–Trinajstić information content (AvgIpc) is 3.75. The third kappa shape index (κ3) is 4.62. The zero-order valence-corrected chi connectivity index (χ0v) is 30.8. The standard InChI is InChI=1S/C53H32N4/c1-3-16-33(17-4-1)50-55-51(34-18-5-2-6-19-34)57-52(56-50)36-21-15-20-35(30-36)49-43-32-47-42(31-41(43)40-25-10-14-29-48(40)54-49)39-24-9-13-28-46(39)53(47)44-26-11-7-22-37(44)38-23-8-12-27-45(38)53/h1-32H. The van der Waals surface area contributed by atoms with E-state index < -0.39 is 5.41 Å². The Bertz CT molecular complexity index is 3140. The van der Waals surface area contributed by atoms with Crippen LogP contribution >= 0.6 is 0 Å². The van der Waals surface area contributed by atoms with Gasteiger partial charge in [-0.3, -0.25) is 0 Å². The lowest BCUT2D eigenvalue weighted by atomic mass is 9.70.